The average molecular weight is 178 g/mol. The first kappa shape index (κ1) is 9.81. The fourth-order valence-electron chi connectivity index (χ4n) is 0.954. The zero-order valence-electron chi connectivity index (χ0n) is 7.57. The maximum Gasteiger partial charge on any atom is 0.0874 e. The summed E-state index contributed by atoms with van der Waals surface area (Å²) in [4.78, 5) is 0. The lowest BCUT2D eigenvalue weighted by atomic mass is 10.2. The Morgan fingerprint density at radius 3 is 2.62 bits per heavy atom. The highest BCUT2D eigenvalue weighted by Gasteiger charge is 1.92. The van der Waals surface area contributed by atoms with Crippen molar-refractivity contribution in [3.05, 3.63) is 48.2 Å². The van der Waals surface area contributed by atoms with Gasteiger partial charge >= 0.3 is 0 Å². The molecule has 1 rings (SSSR count). The van der Waals surface area contributed by atoms with Crippen molar-refractivity contribution >= 4 is 0 Å². The van der Waals surface area contributed by atoms with E-state index in [0.717, 1.165) is 5.56 Å². The highest BCUT2D eigenvalue weighted by atomic mass is 16.5. The molecule has 0 saturated heterocycles. The zero-order chi connectivity index (χ0) is 9.52. The number of benzene rings is 1. The molecule has 0 fully saturated rings. The molecule has 0 radical (unpaired) electrons. The van der Waals surface area contributed by atoms with Crippen molar-refractivity contribution in [2.75, 3.05) is 6.61 Å². The third-order valence-electron chi connectivity index (χ3n) is 1.65. The SMILES string of the molecule is C=C(O)CCOCc1ccccc1. The average Bonchev–Trinajstić information content (AvgIpc) is 2.14. The molecule has 2 heteroatoms. The van der Waals surface area contributed by atoms with Gasteiger partial charge in [0.15, 0.2) is 0 Å². The van der Waals surface area contributed by atoms with E-state index < -0.39 is 0 Å². The highest BCUT2D eigenvalue weighted by molar-refractivity contribution is 5.13. The van der Waals surface area contributed by atoms with Gasteiger partial charge in [-0.15, -0.1) is 0 Å². The predicted molar refractivity (Wildman–Crippen MR) is 52.5 cm³/mol. The van der Waals surface area contributed by atoms with Crippen LogP contribution in [-0.4, -0.2) is 11.7 Å². The summed E-state index contributed by atoms with van der Waals surface area (Å²) in [5, 5.41) is 8.78. The Morgan fingerprint density at radius 1 is 1.31 bits per heavy atom. The maximum absolute atomic E-state index is 8.78. The summed E-state index contributed by atoms with van der Waals surface area (Å²) in [6, 6.07) is 9.94. The summed E-state index contributed by atoms with van der Waals surface area (Å²) in [5.41, 5.74) is 1.14. The quantitative estimate of drug-likeness (QED) is 0.555. The molecule has 0 unspecified atom stereocenters. The molecule has 0 saturated carbocycles. The Labute approximate surface area is 78.5 Å². The first-order valence-electron chi connectivity index (χ1n) is 4.27. The predicted octanol–water partition coefficient (Wildman–Crippen LogP) is 2.67. The first-order chi connectivity index (χ1) is 6.29. The molecule has 0 heterocycles. The van der Waals surface area contributed by atoms with Gasteiger partial charge < -0.3 is 9.84 Å². The number of ether oxygens (including phenoxy) is 1. The summed E-state index contributed by atoms with van der Waals surface area (Å²) in [6.45, 7) is 4.48. The van der Waals surface area contributed by atoms with E-state index in [0.29, 0.717) is 19.6 Å². The molecule has 1 N–H and O–H groups in total. The van der Waals surface area contributed by atoms with Crippen LogP contribution in [0.15, 0.2) is 42.7 Å². The van der Waals surface area contributed by atoms with Gasteiger partial charge in [0.25, 0.3) is 0 Å². The van der Waals surface area contributed by atoms with Gasteiger partial charge in [-0.05, 0) is 5.56 Å². The fourth-order valence-corrected chi connectivity index (χ4v) is 0.954. The van der Waals surface area contributed by atoms with Crippen LogP contribution >= 0.6 is 0 Å². The maximum atomic E-state index is 8.78. The van der Waals surface area contributed by atoms with Crippen molar-refractivity contribution in [2.24, 2.45) is 0 Å². The summed E-state index contributed by atoms with van der Waals surface area (Å²) in [7, 11) is 0. The van der Waals surface area contributed by atoms with Crippen LogP contribution < -0.4 is 0 Å². The molecular formula is C11H14O2. The topological polar surface area (TPSA) is 29.5 Å². The van der Waals surface area contributed by atoms with E-state index in [1.54, 1.807) is 0 Å². The summed E-state index contributed by atoms with van der Waals surface area (Å²) < 4.78 is 5.31. The minimum absolute atomic E-state index is 0.174. The normalized spacial score (nSPS) is 9.85. The van der Waals surface area contributed by atoms with E-state index in [9.17, 15) is 0 Å². The van der Waals surface area contributed by atoms with Gasteiger partial charge in [0.2, 0.25) is 0 Å². The van der Waals surface area contributed by atoms with Crippen molar-refractivity contribution in [1.29, 1.82) is 0 Å². The van der Waals surface area contributed by atoms with Crippen LogP contribution in [0, 0.1) is 0 Å². The first-order valence-corrected chi connectivity index (χ1v) is 4.27. The lowest BCUT2D eigenvalue weighted by molar-refractivity contribution is 0.116. The number of rotatable bonds is 5. The summed E-state index contributed by atoms with van der Waals surface area (Å²) in [6.07, 6.45) is 0.507. The minimum Gasteiger partial charge on any atom is -0.513 e. The second-order valence-electron chi connectivity index (χ2n) is 2.85. The molecule has 0 aromatic heterocycles. The van der Waals surface area contributed by atoms with Crippen LogP contribution in [0.5, 0.6) is 0 Å². The summed E-state index contributed by atoms with van der Waals surface area (Å²) >= 11 is 0. The standard InChI is InChI=1S/C11H14O2/c1-10(12)7-8-13-9-11-5-3-2-4-6-11/h2-6,12H,1,7-9H2. The lowest BCUT2D eigenvalue weighted by Gasteiger charge is -2.02. The Bertz CT molecular complexity index is 254. The zero-order valence-corrected chi connectivity index (χ0v) is 7.57. The Hall–Kier alpha value is -1.28. The highest BCUT2D eigenvalue weighted by Crippen LogP contribution is 2.01. The molecule has 1 aromatic carbocycles. The smallest absolute Gasteiger partial charge is 0.0874 e. The van der Waals surface area contributed by atoms with Crippen LogP contribution in [0.4, 0.5) is 0 Å². The van der Waals surface area contributed by atoms with Crippen molar-refractivity contribution < 1.29 is 9.84 Å². The van der Waals surface area contributed by atoms with Gasteiger partial charge in [0, 0.05) is 6.42 Å². The molecule has 13 heavy (non-hydrogen) atoms. The monoisotopic (exact) mass is 178 g/mol. The van der Waals surface area contributed by atoms with Crippen LogP contribution in [0.1, 0.15) is 12.0 Å². The van der Waals surface area contributed by atoms with E-state index in [1.807, 2.05) is 30.3 Å². The second-order valence-corrected chi connectivity index (χ2v) is 2.85. The van der Waals surface area contributed by atoms with Crippen LogP contribution in [0.3, 0.4) is 0 Å². The molecule has 0 amide bonds. The number of hydrogen-bond donors (Lipinski definition) is 1. The summed E-state index contributed by atoms with van der Waals surface area (Å²) in [5.74, 6) is 0.174. The third-order valence-corrected chi connectivity index (χ3v) is 1.65. The molecule has 0 spiro atoms. The number of hydrogen-bond acceptors (Lipinski definition) is 2. The largest absolute Gasteiger partial charge is 0.513 e. The molecule has 0 bridgehead atoms. The van der Waals surface area contributed by atoms with Crippen LogP contribution in [-0.2, 0) is 11.3 Å². The van der Waals surface area contributed by atoms with Gasteiger partial charge in [-0.25, -0.2) is 0 Å². The lowest BCUT2D eigenvalue weighted by Crippen LogP contribution is -1.96. The molecule has 1 aromatic rings. The van der Waals surface area contributed by atoms with E-state index in [1.165, 1.54) is 0 Å². The molecule has 2 nitrogen and oxygen atoms in total. The van der Waals surface area contributed by atoms with E-state index in [-0.39, 0.29) is 5.76 Å². The van der Waals surface area contributed by atoms with Crippen molar-refractivity contribution in [2.45, 2.75) is 13.0 Å². The van der Waals surface area contributed by atoms with Gasteiger partial charge in [-0.3, -0.25) is 0 Å². The van der Waals surface area contributed by atoms with Gasteiger partial charge in [-0.1, -0.05) is 36.9 Å². The van der Waals surface area contributed by atoms with Gasteiger partial charge in [0.1, 0.15) is 0 Å². The Kier molecular flexibility index (Phi) is 4.06. The van der Waals surface area contributed by atoms with Crippen molar-refractivity contribution in [3.63, 3.8) is 0 Å². The molecule has 0 aliphatic carbocycles. The fraction of sp³-hybridized carbons (Fsp3) is 0.273. The Balaban J connectivity index is 2.17. The van der Waals surface area contributed by atoms with Crippen molar-refractivity contribution in [3.8, 4) is 0 Å². The van der Waals surface area contributed by atoms with Crippen LogP contribution in [0.25, 0.3) is 0 Å². The molecule has 0 atom stereocenters. The van der Waals surface area contributed by atoms with Crippen LogP contribution in [0.2, 0.25) is 0 Å². The van der Waals surface area contributed by atoms with E-state index in [4.69, 9.17) is 9.84 Å². The molecule has 70 valence electrons. The number of aliphatic hydroxyl groups is 1. The van der Waals surface area contributed by atoms with E-state index >= 15 is 0 Å². The Morgan fingerprint density at radius 2 is 2.00 bits per heavy atom. The third kappa shape index (κ3) is 4.33. The molecular weight excluding hydrogens is 164 g/mol. The molecule has 0 aliphatic rings. The van der Waals surface area contributed by atoms with E-state index in [2.05, 4.69) is 6.58 Å². The van der Waals surface area contributed by atoms with Gasteiger partial charge in [0.05, 0.1) is 19.0 Å². The second kappa shape index (κ2) is 5.38. The van der Waals surface area contributed by atoms with Crippen molar-refractivity contribution in [1.82, 2.24) is 0 Å². The minimum atomic E-state index is 0.174. The number of aliphatic hydroxyl groups excluding tert-OH is 1. The molecule has 0 aliphatic heterocycles. The van der Waals surface area contributed by atoms with Gasteiger partial charge in [-0.2, -0.15) is 0 Å².